The topological polar surface area (TPSA) is 90.4 Å². The standard InChI is InChI=1S/C34H41N3O5S.ClH/c1-3-22-37(33(39)42-26-29-13-7-4-8-14-29)31-19-23-36(24-20-31)25-21-34(28-38,30-15-9-5-10-16-30)27-35(2)43(40,41)32-17-11-6-12-18-32;/h1,4-18,31,38H,19-28H2,2H3;1H. The molecule has 1 fully saturated rings. The minimum atomic E-state index is -3.74. The number of sulfonamides is 1. The molecule has 0 saturated carbocycles. The van der Waals surface area contributed by atoms with E-state index in [-0.39, 0.29) is 49.6 Å². The number of aliphatic hydroxyl groups excluding tert-OH is 1. The summed E-state index contributed by atoms with van der Waals surface area (Å²) in [4.78, 5) is 17.1. The van der Waals surface area contributed by atoms with E-state index in [1.807, 2.05) is 60.7 Å². The van der Waals surface area contributed by atoms with Gasteiger partial charge in [0.2, 0.25) is 10.0 Å². The number of likely N-dealkylation sites (tertiary alicyclic amines) is 1. The van der Waals surface area contributed by atoms with Crippen LogP contribution in [0.15, 0.2) is 95.9 Å². The van der Waals surface area contributed by atoms with Gasteiger partial charge < -0.3 is 14.7 Å². The molecule has 1 amide bonds. The maximum Gasteiger partial charge on any atom is 0.411 e. The van der Waals surface area contributed by atoms with Crippen LogP contribution in [0.25, 0.3) is 0 Å². The lowest BCUT2D eigenvalue weighted by Crippen LogP contribution is -2.50. The van der Waals surface area contributed by atoms with Crippen molar-refractivity contribution >= 4 is 28.5 Å². The maximum absolute atomic E-state index is 13.4. The highest BCUT2D eigenvalue weighted by Gasteiger charge is 2.37. The molecule has 0 aliphatic carbocycles. The number of ether oxygens (including phenoxy) is 1. The first-order chi connectivity index (χ1) is 20.8. The second-order valence-electron chi connectivity index (χ2n) is 11.1. The van der Waals surface area contributed by atoms with Crippen LogP contribution in [-0.4, -0.2) is 86.1 Å². The van der Waals surface area contributed by atoms with Crippen molar-refractivity contribution < 1.29 is 23.1 Å². The number of benzene rings is 3. The monoisotopic (exact) mass is 639 g/mol. The van der Waals surface area contributed by atoms with Crippen molar-refractivity contribution in [2.45, 2.75) is 42.2 Å². The number of carbonyl (C=O) groups excluding carboxylic acids is 1. The van der Waals surface area contributed by atoms with E-state index >= 15 is 0 Å². The van der Waals surface area contributed by atoms with Crippen LogP contribution in [0.5, 0.6) is 0 Å². The summed E-state index contributed by atoms with van der Waals surface area (Å²) in [7, 11) is -2.18. The lowest BCUT2D eigenvalue weighted by molar-refractivity contribution is 0.0636. The van der Waals surface area contributed by atoms with E-state index in [2.05, 4.69) is 10.8 Å². The second-order valence-corrected chi connectivity index (χ2v) is 13.1. The average molecular weight is 640 g/mol. The zero-order valence-corrected chi connectivity index (χ0v) is 26.8. The summed E-state index contributed by atoms with van der Waals surface area (Å²) >= 11 is 0. The molecule has 0 bridgehead atoms. The number of hydrogen-bond donors (Lipinski definition) is 1. The van der Waals surface area contributed by atoms with E-state index in [1.165, 1.54) is 4.31 Å². The van der Waals surface area contributed by atoms with Crippen LogP contribution in [0.2, 0.25) is 0 Å². The van der Waals surface area contributed by atoms with E-state index in [1.54, 1.807) is 42.3 Å². The fourth-order valence-electron chi connectivity index (χ4n) is 5.68. The van der Waals surface area contributed by atoms with Gasteiger partial charge in [-0.2, -0.15) is 4.31 Å². The highest BCUT2D eigenvalue weighted by Crippen LogP contribution is 2.32. The van der Waals surface area contributed by atoms with Gasteiger partial charge in [-0.3, -0.25) is 4.90 Å². The van der Waals surface area contributed by atoms with E-state index in [0.717, 1.165) is 37.1 Å². The molecule has 44 heavy (non-hydrogen) atoms. The Morgan fingerprint density at radius 3 is 2.14 bits per heavy atom. The summed E-state index contributed by atoms with van der Waals surface area (Å²) in [5, 5.41) is 10.8. The van der Waals surface area contributed by atoms with Crippen molar-refractivity contribution in [3.8, 4) is 12.3 Å². The Hall–Kier alpha value is -3.39. The lowest BCUT2D eigenvalue weighted by atomic mass is 9.77. The van der Waals surface area contributed by atoms with Gasteiger partial charge in [0.15, 0.2) is 0 Å². The third-order valence-electron chi connectivity index (χ3n) is 8.27. The highest BCUT2D eigenvalue weighted by atomic mass is 35.5. The van der Waals surface area contributed by atoms with E-state index in [9.17, 15) is 18.3 Å². The van der Waals surface area contributed by atoms with Crippen LogP contribution in [-0.2, 0) is 26.8 Å². The molecule has 1 N–H and O–H groups in total. The van der Waals surface area contributed by atoms with Gasteiger partial charge >= 0.3 is 6.09 Å². The Morgan fingerprint density at radius 1 is 1.00 bits per heavy atom. The van der Waals surface area contributed by atoms with Crippen molar-refractivity contribution in [1.82, 2.24) is 14.1 Å². The Balaban J connectivity index is 0.00000529. The van der Waals surface area contributed by atoms with Crippen molar-refractivity contribution in [3.63, 3.8) is 0 Å². The molecule has 1 aliphatic heterocycles. The number of terminal acetylenes is 1. The molecule has 1 heterocycles. The van der Waals surface area contributed by atoms with Gasteiger partial charge in [0.25, 0.3) is 0 Å². The molecule has 10 heteroatoms. The molecule has 1 aliphatic rings. The average Bonchev–Trinajstić information content (AvgIpc) is 3.06. The van der Waals surface area contributed by atoms with Gasteiger partial charge in [0, 0.05) is 38.1 Å². The van der Waals surface area contributed by atoms with Gasteiger partial charge in [0.1, 0.15) is 6.61 Å². The number of amides is 1. The number of aliphatic hydroxyl groups is 1. The Morgan fingerprint density at radius 2 is 1.57 bits per heavy atom. The van der Waals surface area contributed by atoms with Gasteiger partial charge in [-0.25, -0.2) is 13.2 Å². The highest BCUT2D eigenvalue weighted by molar-refractivity contribution is 7.89. The van der Waals surface area contributed by atoms with Crippen LogP contribution in [0.1, 0.15) is 30.4 Å². The minimum Gasteiger partial charge on any atom is -0.445 e. The molecule has 1 atom stereocenters. The number of halogens is 1. The fraction of sp³-hybridized carbons (Fsp3) is 0.382. The summed E-state index contributed by atoms with van der Waals surface area (Å²) in [6.07, 6.45) is 7.22. The molecule has 236 valence electrons. The largest absolute Gasteiger partial charge is 0.445 e. The molecule has 3 aromatic carbocycles. The Bertz CT molecular complexity index is 1450. The number of piperidine rings is 1. The first-order valence-corrected chi connectivity index (χ1v) is 16.0. The molecule has 0 spiro atoms. The van der Waals surface area contributed by atoms with Gasteiger partial charge in [0.05, 0.1) is 18.0 Å². The van der Waals surface area contributed by atoms with Crippen LogP contribution in [0, 0.1) is 12.3 Å². The number of likely N-dealkylation sites (N-methyl/N-ethyl adjacent to an activating group) is 1. The third-order valence-corrected chi connectivity index (χ3v) is 10.1. The minimum absolute atomic E-state index is 0. The zero-order chi connectivity index (χ0) is 30.7. The van der Waals surface area contributed by atoms with Crippen molar-refractivity contribution in [2.24, 2.45) is 0 Å². The summed E-state index contributed by atoms with van der Waals surface area (Å²) in [6.45, 7) is 2.45. The van der Waals surface area contributed by atoms with Crippen molar-refractivity contribution in [2.75, 3.05) is 46.4 Å². The predicted molar refractivity (Wildman–Crippen MR) is 175 cm³/mol. The van der Waals surface area contributed by atoms with E-state index in [4.69, 9.17) is 11.2 Å². The normalized spacial score (nSPS) is 15.5. The molecule has 1 unspecified atom stereocenters. The van der Waals surface area contributed by atoms with Crippen LogP contribution < -0.4 is 0 Å². The smallest absolute Gasteiger partial charge is 0.411 e. The third kappa shape index (κ3) is 8.84. The van der Waals surface area contributed by atoms with Crippen LogP contribution in [0.3, 0.4) is 0 Å². The van der Waals surface area contributed by atoms with Crippen molar-refractivity contribution in [3.05, 3.63) is 102 Å². The van der Waals surface area contributed by atoms with Gasteiger partial charge in [-0.15, -0.1) is 18.8 Å². The Labute approximate surface area is 268 Å². The summed E-state index contributed by atoms with van der Waals surface area (Å²) in [5.41, 5.74) is 1.01. The molecule has 1 saturated heterocycles. The molecule has 3 aromatic rings. The first-order valence-electron chi connectivity index (χ1n) is 14.6. The van der Waals surface area contributed by atoms with Crippen LogP contribution in [0.4, 0.5) is 4.79 Å². The molecule has 0 radical (unpaired) electrons. The van der Waals surface area contributed by atoms with Crippen molar-refractivity contribution in [1.29, 1.82) is 0 Å². The Kier molecular flexibility index (Phi) is 13.3. The summed E-state index contributed by atoms with van der Waals surface area (Å²) in [5.74, 6) is 2.60. The summed E-state index contributed by atoms with van der Waals surface area (Å²) in [6, 6.07) is 27.5. The number of rotatable bonds is 13. The van der Waals surface area contributed by atoms with E-state index < -0.39 is 21.5 Å². The lowest BCUT2D eigenvalue weighted by Gasteiger charge is -2.40. The maximum atomic E-state index is 13.4. The van der Waals surface area contributed by atoms with Gasteiger partial charge in [-0.05, 0) is 49.1 Å². The second kappa shape index (κ2) is 16.6. The van der Waals surface area contributed by atoms with Gasteiger partial charge in [-0.1, -0.05) is 84.8 Å². The summed E-state index contributed by atoms with van der Waals surface area (Å²) < 4.78 is 33.7. The number of hydrogen-bond acceptors (Lipinski definition) is 6. The first kappa shape index (κ1) is 35.1. The van der Waals surface area contributed by atoms with Crippen LogP contribution >= 0.6 is 12.4 Å². The molecule has 0 aromatic heterocycles. The quantitative estimate of drug-likeness (QED) is 0.271. The number of nitrogens with zero attached hydrogens (tertiary/aromatic N) is 3. The number of carbonyl (C=O) groups is 1. The molecular formula is C34H42ClN3O5S. The molecule has 8 nitrogen and oxygen atoms in total. The molecule has 4 rings (SSSR count). The molecular weight excluding hydrogens is 598 g/mol. The van der Waals surface area contributed by atoms with E-state index in [0.29, 0.717) is 13.0 Å². The predicted octanol–water partition coefficient (Wildman–Crippen LogP) is 4.79. The fourth-order valence-corrected chi connectivity index (χ4v) is 6.96. The zero-order valence-electron chi connectivity index (χ0n) is 25.1. The SMILES string of the molecule is C#CCN(C(=O)OCc1ccccc1)C1CCN(CCC(CO)(CN(C)S(=O)(=O)c2ccccc2)c2ccccc2)CC1.Cl.